The molecule has 1 amide bonds. The number of benzene rings is 2. The zero-order valence-electron chi connectivity index (χ0n) is 16.7. The lowest BCUT2D eigenvalue weighted by Gasteiger charge is -2.14. The maximum Gasteiger partial charge on any atom is 0.251 e. The van der Waals surface area contributed by atoms with Crippen LogP contribution in [0.4, 0.5) is 0 Å². The third-order valence-electron chi connectivity index (χ3n) is 4.50. The number of hydrogen-bond donors (Lipinski definition) is 2. The van der Waals surface area contributed by atoms with Crippen LogP contribution >= 0.6 is 23.4 Å². The molecule has 0 saturated carbocycles. The minimum absolute atomic E-state index is 0.0383. The van der Waals surface area contributed by atoms with Crippen molar-refractivity contribution in [3.8, 4) is 0 Å². The molecule has 7 heteroatoms. The van der Waals surface area contributed by atoms with E-state index in [1.807, 2.05) is 49.4 Å². The van der Waals surface area contributed by atoms with Crippen molar-refractivity contribution >= 4 is 29.3 Å². The first-order chi connectivity index (χ1) is 14.5. The topological polar surface area (TPSA) is 74.8 Å². The van der Waals surface area contributed by atoms with Gasteiger partial charge in [-0.3, -0.25) is 9.59 Å². The van der Waals surface area contributed by atoms with Gasteiger partial charge >= 0.3 is 0 Å². The Balaban J connectivity index is 1.52. The van der Waals surface area contributed by atoms with Crippen molar-refractivity contribution in [2.24, 2.45) is 0 Å². The van der Waals surface area contributed by atoms with Crippen LogP contribution in [0.25, 0.3) is 0 Å². The van der Waals surface area contributed by atoms with Gasteiger partial charge in [-0.1, -0.05) is 65.8 Å². The molecule has 2 aromatic carbocycles. The number of aromatic nitrogens is 2. The lowest BCUT2D eigenvalue weighted by Crippen LogP contribution is -2.34. The number of amides is 1. The Labute approximate surface area is 185 Å². The minimum Gasteiger partial charge on any atom is -0.353 e. The molecule has 0 radical (unpaired) electrons. The second-order valence-electron chi connectivity index (χ2n) is 7.13. The van der Waals surface area contributed by atoms with E-state index in [1.54, 1.807) is 0 Å². The first-order valence-corrected chi connectivity index (χ1v) is 11.1. The van der Waals surface area contributed by atoms with E-state index in [4.69, 9.17) is 11.6 Å². The first kappa shape index (κ1) is 22.1. The van der Waals surface area contributed by atoms with E-state index in [0.29, 0.717) is 21.6 Å². The molecule has 0 aliphatic heterocycles. The van der Waals surface area contributed by atoms with Crippen molar-refractivity contribution < 1.29 is 4.79 Å². The number of thioether (sulfide) groups is 1. The lowest BCUT2D eigenvalue weighted by molar-refractivity contribution is -0.121. The zero-order chi connectivity index (χ0) is 21.3. The quantitative estimate of drug-likeness (QED) is 0.381. The Hall–Kier alpha value is -2.57. The maximum atomic E-state index is 12.4. The number of aryl methyl sites for hydroxylation is 1. The summed E-state index contributed by atoms with van der Waals surface area (Å²) in [6, 6.07) is 19.1. The number of H-pyrrole nitrogens is 1. The molecule has 1 atom stereocenters. The number of halogens is 1. The fourth-order valence-corrected chi connectivity index (χ4v) is 4.06. The van der Waals surface area contributed by atoms with Crippen LogP contribution < -0.4 is 10.9 Å². The Morgan fingerprint density at radius 2 is 1.90 bits per heavy atom. The molecule has 1 unspecified atom stereocenters. The first-order valence-electron chi connectivity index (χ1n) is 9.79. The molecule has 0 aliphatic rings. The molecule has 0 aliphatic carbocycles. The molecule has 3 aromatic rings. The Morgan fingerprint density at radius 1 is 1.13 bits per heavy atom. The highest BCUT2D eigenvalue weighted by molar-refractivity contribution is 7.98. The number of carbonyl (C=O) groups excluding carboxylic acids is 1. The fraction of sp³-hybridized carbons (Fsp3) is 0.261. The van der Waals surface area contributed by atoms with Gasteiger partial charge in [0.1, 0.15) is 0 Å². The number of rotatable bonds is 9. The monoisotopic (exact) mass is 441 g/mol. The highest BCUT2D eigenvalue weighted by Crippen LogP contribution is 2.20. The zero-order valence-corrected chi connectivity index (χ0v) is 18.3. The highest BCUT2D eigenvalue weighted by Gasteiger charge is 2.11. The van der Waals surface area contributed by atoms with Crippen LogP contribution in [0.15, 0.2) is 70.6 Å². The molecule has 0 bridgehead atoms. The Kier molecular flexibility index (Phi) is 8.11. The Morgan fingerprint density at radius 3 is 2.67 bits per heavy atom. The number of aromatic amines is 1. The molecule has 1 aromatic heterocycles. The van der Waals surface area contributed by atoms with Gasteiger partial charge in [0.2, 0.25) is 5.91 Å². The van der Waals surface area contributed by atoms with E-state index in [9.17, 15) is 9.59 Å². The van der Waals surface area contributed by atoms with Crippen molar-refractivity contribution in [1.29, 1.82) is 0 Å². The van der Waals surface area contributed by atoms with Gasteiger partial charge in [-0.25, -0.2) is 4.98 Å². The van der Waals surface area contributed by atoms with Crippen LogP contribution in [-0.2, 0) is 23.4 Å². The molecule has 0 spiro atoms. The average molecular weight is 442 g/mol. The van der Waals surface area contributed by atoms with E-state index >= 15 is 0 Å². The SMILES string of the molecule is CC(CCc1ccccc1)NC(=O)Cc1cc(=O)[nH]c(SCc2cccc(Cl)c2)n1. The predicted molar refractivity (Wildman–Crippen MR) is 122 cm³/mol. The van der Waals surface area contributed by atoms with E-state index in [1.165, 1.54) is 23.4 Å². The summed E-state index contributed by atoms with van der Waals surface area (Å²) in [6.07, 6.45) is 1.82. The standard InChI is InChI=1S/C23H24ClN3O2S/c1-16(10-11-17-6-3-2-4-7-17)25-21(28)13-20-14-22(29)27-23(26-20)30-15-18-8-5-9-19(24)12-18/h2-9,12,14,16H,10-11,13,15H2,1H3,(H,25,28)(H,26,27,29). The predicted octanol–water partition coefficient (Wildman–Crippen LogP) is 4.40. The van der Waals surface area contributed by atoms with Crippen LogP contribution in [0, 0.1) is 0 Å². The van der Waals surface area contributed by atoms with Gasteiger partial charge in [0.15, 0.2) is 5.16 Å². The van der Waals surface area contributed by atoms with Crippen molar-refractivity contribution in [1.82, 2.24) is 15.3 Å². The smallest absolute Gasteiger partial charge is 0.251 e. The van der Waals surface area contributed by atoms with Gasteiger partial charge < -0.3 is 10.3 Å². The summed E-state index contributed by atoms with van der Waals surface area (Å²) in [5.41, 5.74) is 2.47. The summed E-state index contributed by atoms with van der Waals surface area (Å²) in [5, 5.41) is 4.15. The number of carbonyl (C=O) groups is 1. The van der Waals surface area contributed by atoms with Gasteiger partial charge in [-0.15, -0.1) is 0 Å². The van der Waals surface area contributed by atoms with Gasteiger partial charge in [0.05, 0.1) is 12.1 Å². The van der Waals surface area contributed by atoms with Crippen molar-refractivity contribution in [2.75, 3.05) is 0 Å². The highest BCUT2D eigenvalue weighted by atomic mass is 35.5. The largest absolute Gasteiger partial charge is 0.353 e. The lowest BCUT2D eigenvalue weighted by atomic mass is 10.1. The van der Waals surface area contributed by atoms with E-state index < -0.39 is 0 Å². The normalized spacial score (nSPS) is 11.8. The number of hydrogen-bond acceptors (Lipinski definition) is 4. The number of nitrogens with one attached hydrogen (secondary N) is 2. The number of nitrogens with zero attached hydrogens (tertiary/aromatic N) is 1. The minimum atomic E-state index is -0.265. The molecular formula is C23H24ClN3O2S. The van der Waals surface area contributed by atoms with Crippen LogP contribution in [0.2, 0.25) is 5.02 Å². The van der Waals surface area contributed by atoms with E-state index in [0.717, 1.165) is 18.4 Å². The molecule has 0 saturated heterocycles. The molecule has 30 heavy (non-hydrogen) atoms. The second-order valence-corrected chi connectivity index (χ2v) is 8.53. The summed E-state index contributed by atoms with van der Waals surface area (Å²) in [7, 11) is 0. The molecule has 1 heterocycles. The molecule has 156 valence electrons. The molecule has 0 fully saturated rings. The van der Waals surface area contributed by atoms with Crippen LogP contribution in [0.1, 0.15) is 30.2 Å². The van der Waals surface area contributed by atoms with Gasteiger partial charge in [-0.05, 0) is 43.0 Å². The molecule has 3 rings (SSSR count). The molecule has 2 N–H and O–H groups in total. The maximum absolute atomic E-state index is 12.4. The van der Waals surface area contributed by atoms with E-state index in [-0.39, 0.29) is 23.9 Å². The fourth-order valence-electron chi connectivity index (χ4n) is 3.01. The van der Waals surface area contributed by atoms with Gasteiger partial charge in [0.25, 0.3) is 5.56 Å². The van der Waals surface area contributed by atoms with Crippen molar-refractivity contribution in [3.63, 3.8) is 0 Å². The summed E-state index contributed by atoms with van der Waals surface area (Å²) >= 11 is 7.41. The average Bonchev–Trinajstić information content (AvgIpc) is 2.71. The second kappa shape index (κ2) is 11.0. The molecular weight excluding hydrogens is 418 g/mol. The third kappa shape index (κ3) is 7.35. The van der Waals surface area contributed by atoms with Crippen LogP contribution in [-0.4, -0.2) is 21.9 Å². The summed E-state index contributed by atoms with van der Waals surface area (Å²) in [6.45, 7) is 1.98. The molecule has 5 nitrogen and oxygen atoms in total. The Bertz CT molecular complexity index is 1040. The van der Waals surface area contributed by atoms with Gasteiger partial charge in [-0.2, -0.15) is 0 Å². The summed E-state index contributed by atoms with van der Waals surface area (Å²) < 4.78 is 0. The van der Waals surface area contributed by atoms with Gasteiger partial charge in [0, 0.05) is 22.9 Å². The third-order valence-corrected chi connectivity index (χ3v) is 5.68. The summed E-state index contributed by atoms with van der Waals surface area (Å²) in [5.74, 6) is 0.481. The van der Waals surface area contributed by atoms with Crippen molar-refractivity contribution in [3.05, 3.63) is 92.9 Å². The van der Waals surface area contributed by atoms with Crippen molar-refractivity contribution in [2.45, 2.75) is 43.1 Å². The van der Waals surface area contributed by atoms with Crippen LogP contribution in [0.3, 0.4) is 0 Å². The van der Waals surface area contributed by atoms with Crippen LogP contribution in [0.5, 0.6) is 0 Å². The summed E-state index contributed by atoms with van der Waals surface area (Å²) in [4.78, 5) is 31.5. The van der Waals surface area contributed by atoms with E-state index in [2.05, 4.69) is 27.4 Å².